The van der Waals surface area contributed by atoms with E-state index in [9.17, 15) is 19.7 Å². The number of thioether (sulfide) groups is 1. The van der Waals surface area contributed by atoms with E-state index in [0.717, 1.165) is 6.42 Å². The van der Waals surface area contributed by atoms with Gasteiger partial charge in [0, 0.05) is 24.8 Å². The average Bonchev–Trinajstić information content (AvgIpc) is 2.78. The first kappa shape index (κ1) is 23.3. The topological polar surface area (TPSA) is 130 Å². The zero-order chi connectivity index (χ0) is 22.9. The van der Waals surface area contributed by atoms with Gasteiger partial charge >= 0.3 is 5.69 Å². The second-order valence-electron chi connectivity index (χ2n) is 7.07. The Hall–Kier alpha value is -3.40. The first-order valence-corrected chi connectivity index (χ1v) is 11.2. The van der Waals surface area contributed by atoms with Crippen LogP contribution in [0.25, 0.3) is 10.9 Å². The Balaban J connectivity index is 1.69. The molecule has 0 saturated carbocycles. The molecule has 2 N–H and O–H groups in total. The molecule has 0 fully saturated rings. The minimum absolute atomic E-state index is 0.0887. The second kappa shape index (κ2) is 11.3. The minimum atomic E-state index is -0.483. The summed E-state index contributed by atoms with van der Waals surface area (Å²) in [6, 6.07) is 13.4. The van der Waals surface area contributed by atoms with Gasteiger partial charge in [0.15, 0.2) is 10.9 Å². The maximum atomic E-state index is 13.0. The van der Waals surface area contributed by atoms with Crippen LogP contribution in [0, 0.1) is 10.1 Å². The van der Waals surface area contributed by atoms with E-state index >= 15 is 0 Å². The zero-order valence-electron chi connectivity index (χ0n) is 17.4. The van der Waals surface area contributed by atoms with Crippen LogP contribution in [0.3, 0.4) is 0 Å². The van der Waals surface area contributed by atoms with Crippen LogP contribution < -0.4 is 16.0 Å². The van der Waals surface area contributed by atoms with Crippen molar-refractivity contribution in [1.29, 1.82) is 0 Å². The van der Waals surface area contributed by atoms with Crippen molar-refractivity contribution in [2.24, 2.45) is 5.73 Å². The molecule has 32 heavy (non-hydrogen) atoms. The summed E-state index contributed by atoms with van der Waals surface area (Å²) in [5.41, 5.74) is 5.58. The number of rotatable bonds is 12. The standard InChI is InChI=1S/C22H24N4O5S/c23-20(27)12-2-1-7-13-25-21(28)16-8-3-4-9-17(16)24-22(25)32-15-14-31-19-11-6-5-10-18(19)26(29)30/h3-6,8-11H,1-2,7,12-15H2,(H2,23,27). The van der Waals surface area contributed by atoms with E-state index in [1.54, 1.807) is 41.0 Å². The smallest absolute Gasteiger partial charge is 0.310 e. The van der Waals surface area contributed by atoms with Crippen LogP contribution in [-0.2, 0) is 11.3 Å². The van der Waals surface area contributed by atoms with Crippen LogP contribution in [0.15, 0.2) is 58.5 Å². The molecule has 9 nitrogen and oxygen atoms in total. The van der Waals surface area contributed by atoms with Crippen molar-refractivity contribution in [3.63, 3.8) is 0 Å². The number of primary amides is 1. The van der Waals surface area contributed by atoms with Crippen LogP contribution in [0.2, 0.25) is 0 Å². The van der Waals surface area contributed by atoms with E-state index in [2.05, 4.69) is 4.98 Å². The summed E-state index contributed by atoms with van der Waals surface area (Å²) >= 11 is 1.36. The van der Waals surface area contributed by atoms with Crippen LogP contribution in [0.4, 0.5) is 5.69 Å². The number of aromatic nitrogens is 2. The third-order valence-electron chi connectivity index (χ3n) is 4.77. The predicted molar refractivity (Wildman–Crippen MR) is 123 cm³/mol. The van der Waals surface area contributed by atoms with Gasteiger partial charge in [0.1, 0.15) is 0 Å². The van der Waals surface area contributed by atoms with Gasteiger partial charge in [-0.1, -0.05) is 42.4 Å². The highest BCUT2D eigenvalue weighted by Gasteiger charge is 2.15. The Bertz CT molecular complexity index is 1160. The number of ether oxygens (including phenoxy) is 1. The fourth-order valence-corrected chi connectivity index (χ4v) is 4.06. The number of carbonyl (C=O) groups is 1. The zero-order valence-corrected chi connectivity index (χ0v) is 18.3. The number of fused-ring (bicyclic) bond motifs is 1. The fourth-order valence-electron chi connectivity index (χ4n) is 3.22. The van der Waals surface area contributed by atoms with Crippen molar-refractivity contribution >= 4 is 34.3 Å². The van der Waals surface area contributed by atoms with Crippen molar-refractivity contribution in [3.8, 4) is 5.75 Å². The van der Waals surface area contributed by atoms with Crippen molar-refractivity contribution in [2.75, 3.05) is 12.4 Å². The first-order chi connectivity index (χ1) is 15.5. The summed E-state index contributed by atoms with van der Waals surface area (Å²) in [6.07, 6.45) is 2.49. The van der Waals surface area contributed by atoms with Gasteiger partial charge in [-0.25, -0.2) is 4.98 Å². The predicted octanol–water partition coefficient (Wildman–Crippen LogP) is 3.52. The molecule has 0 aliphatic heterocycles. The van der Waals surface area contributed by atoms with Gasteiger partial charge in [-0.05, 0) is 31.0 Å². The van der Waals surface area contributed by atoms with Gasteiger partial charge in [-0.3, -0.25) is 24.3 Å². The van der Waals surface area contributed by atoms with E-state index in [1.165, 1.54) is 17.8 Å². The summed E-state index contributed by atoms with van der Waals surface area (Å²) in [4.78, 5) is 39.2. The number of benzene rings is 2. The molecule has 168 valence electrons. The molecule has 1 amide bonds. The minimum Gasteiger partial charge on any atom is -0.486 e. The molecule has 0 radical (unpaired) electrons. The lowest BCUT2D eigenvalue weighted by molar-refractivity contribution is -0.385. The monoisotopic (exact) mass is 456 g/mol. The quantitative estimate of drug-likeness (QED) is 0.145. The van der Waals surface area contributed by atoms with Crippen molar-refractivity contribution in [2.45, 2.75) is 37.4 Å². The van der Waals surface area contributed by atoms with Gasteiger partial charge in [-0.2, -0.15) is 0 Å². The summed E-state index contributed by atoms with van der Waals surface area (Å²) in [7, 11) is 0. The van der Waals surface area contributed by atoms with Crippen molar-refractivity contribution < 1.29 is 14.5 Å². The van der Waals surface area contributed by atoms with Crippen molar-refractivity contribution in [1.82, 2.24) is 9.55 Å². The summed E-state index contributed by atoms with van der Waals surface area (Å²) in [6.45, 7) is 0.694. The summed E-state index contributed by atoms with van der Waals surface area (Å²) in [5.74, 6) is 0.333. The molecule has 0 aliphatic rings. The summed E-state index contributed by atoms with van der Waals surface area (Å²) < 4.78 is 7.23. The molecule has 1 aromatic heterocycles. The first-order valence-electron chi connectivity index (χ1n) is 10.2. The molecule has 0 unspecified atom stereocenters. The molecular weight excluding hydrogens is 432 g/mol. The lowest BCUT2D eigenvalue weighted by atomic mass is 10.2. The molecule has 2 aromatic carbocycles. The van der Waals surface area contributed by atoms with Gasteiger partial charge in [0.2, 0.25) is 5.91 Å². The van der Waals surface area contributed by atoms with Gasteiger partial charge in [0.05, 0.1) is 22.4 Å². The number of hydrogen-bond donors (Lipinski definition) is 1. The highest BCUT2D eigenvalue weighted by atomic mass is 32.2. The lowest BCUT2D eigenvalue weighted by Gasteiger charge is -2.13. The number of nitro groups is 1. The number of carbonyl (C=O) groups excluding carboxylic acids is 1. The molecule has 0 atom stereocenters. The van der Waals surface area contributed by atoms with Crippen LogP contribution in [0.1, 0.15) is 25.7 Å². The summed E-state index contributed by atoms with van der Waals surface area (Å²) in [5, 5.41) is 12.2. The molecule has 3 aromatic rings. The Labute approximate surface area is 188 Å². The van der Waals surface area contributed by atoms with E-state index in [4.69, 9.17) is 10.5 Å². The lowest BCUT2D eigenvalue weighted by Crippen LogP contribution is -2.24. The number of amides is 1. The van der Waals surface area contributed by atoms with Crippen LogP contribution >= 0.6 is 11.8 Å². The molecular formula is C22H24N4O5S. The number of hydrogen-bond acceptors (Lipinski definition) is 7. The average molecular weight is 457 g/mol. The number of nitrogens with zero attached hydrogens (tertiary/aromatic N) is 3. The SMILES string of the molecule is NC(=O)CCCCCn1c(SCCOc2ccccc2[N+](=O)[O-])nc2ccccc2c1=O. The van der Waals surface area contributed by atoms with E-state index < -0.39 is 4.92 Å². The second-order valence-corrected chi connectivity index (χ2v) is 8.13. The Morgan fingerprint density at radius 1 is 1.12 bits per heavy atom. The third kappa shape index (κ3) is 6.07. The number of unbranched alkanes of at least 4 members (excludes halogenated alkanes) is 2. The molecule has 0 bridgehead atoms. The highest BCUT2D eigenvalue weighted by molar-refractivity contribution is 7.99. The Morgan fingerprint density at radius 3 is 2.66 bits per heavy atom. The number of nitro benzene ring substituents is 1. The van der Waals surface area contributed by atoms with E-state index in [1.807, 2.05) is 6.07 Å². The molecule has 10 heteroatoms. The molecule has 1 heterocycles. The van der Waals surface area contributed by atoms with Crippen molar-refractivity contribution in [3.05, 3.63) is 69.0 Å². The van der Waals surface area contributed by atoms with E-state index in [-0.39, 0.29) is 29.5 Å². The third-order valence-corrected chi connectivity index (χ3v) is 5.71. The van der Waals surface area contributed by atoms with Gasteiger partial charge < -0.3 is 10.5 Å². The number of para-hydroxylation sites is 3. The Kier molecular flexibility index (Phi) is 8.20. The maximum Gasteiger partial charge on any atom is 0.310 e. The maximum absolute atomic E-state index is 13.0. The molecule has 0 aliphatic carbocycles. The number of nitrogens with two attached hydrogens (primary N) is 1. The van der Waals surface area contributed by atoms with E-state index in [0.29, 0.717) is 47.6 Å². The highest BCUT2D eigenvalue weighted by Crippen LogP contribution is 2.26. The van der Waals surface area contributed by atoms with Crippen LogP contribution in [-0.4, -0.2) is 32.7 Å². The van der Waals surface area contributed by atoms with Gasteiger partial charge in [0.25, 0.3) is 5.56 Å². The van der Waals surface area contributed by atoms with Gasteiger partial charge in [-0.15, -0.1) is 0 Å². The van der Waals surface area contributed by atoms with Crippen LogP contribution in [0.5, 0.6) is 5.75 Å². The molecule has 0 spiro atoms. The Morgan fingerprint density at radius 2 is 1.88 bits per heavy atom. The largest absolute Gasteiger partial charge is 0.486 e. The molecule has 3 rings (SSSR count). The molecule has 0 saturated heterocycles. The normalized spacial score (nSPS) is 10.9. The fraction of sp³-hybridized carbons (Fsp3) is 0.318.